The molecule has 1 saturated carbocycles. The number of hydrogen-bond acceptors (Lipinski definition) is 4. The Balaban J connectivity index is 1.39. The molecule has 2 aliphatic rings. The average molecular weight is 436 g/mol. The monoisotopic (exact) mass is 435 g/mol. The molecule has 0 radical (unpaired) electrons. The highest BCUT2D eigenvalue weighted by Crippen LogP contribution is 2.41. The second-order valence-electron chi connectivity index (χ2n) is 8.55. The number of carbonyl (C=O) groups is 3. The maximum atomic E-state index is 12.6. The minimum Gasteiger partial charge on any atom is -0.497 e. The summed E-state index contributed by atoms with van der Waals surface area (Å²) >= 11 is 0. The first-order chi connectivity index (χ1) is 15.5. The smallest absolute Gasteiger partial charge is 0.313 e. The Morgan fingerprint density at radius 3 is 2.44 bits per heavy atom. The topological polar surface area (TPSA) is 87.7 Å². The van der Waals surface area contributed by atoms with Crippen LogP contribution in [0.2, 0.25) is 0 Å². The van der Waals surface area contributed by atoms with Gasteiger partial charge in [-0.3, -0.25) is 14.4 Å². The summed E-state index contributed by atoms with van der Waals surface area (Å²) in [6, 6.07) is 15.0. The van der Waals surface area contributed by atoms with Gasteiger partial charge in [-0.25, -0.2) is 0 Å². The Kier molecular flexibility index (Phi) is 6.44. The van der Waals surface area contributed by atoms with Crippen molar-refractivity contribution in [1.82, 2.24) is 5.32 Å². The van der Waals surface area contributed by atoms with Gasteiger partial charge >= 0.3 is 11.8 Å². The molecule has 1 aliphatic carbocycles. The summed E-state index contributed by atoms with van der Waals surface area (Å²) in [4.78, 5) is 38.8. The molecular weight excluding hydrogens is 406 g/mol. The van der Waals surface area contributed by atoms with Crippen molar-refractivity contribution in [3.8, 4) is 5.75 Å². The summed E-state index contributed by atoms with van der Waals surface area (Å²) in [5.41, 5.74) is 2.21. The highest BCUT2D eigenvalue weighted by Gasteiger charge is 2.36. The van der Waals surface area contributed by atoms with E-state index < -0.39 is 11.8 Å². The fourth-order valence-electron chi connectivity index (χ4n) is 4.75. The summed E-state index contributed by atoms with van der Waals surface area (Å²) in [5.74, 6) is -0.500. The minimum atomic E-state index is -0.710. The van der Waals surface area contributed by atoms with Gasteiger partial charge in [0.25, 0.3) is 0 Å². The van der Waals surface area contributed by atoms with Crippen molar-refractivity contribution in [2.24, 2.45) is 0 Å². The van der Waals surface area contributed by atoms with E-state index in [2.05, 4.69) is 10.6 Å². The summed E-state index contributed by atoms with van der Waals surface area (Å²) < 4.78 is 5.25. The number of ether oxygens (including phenoxy) is 1. The molecule has 0 bridgehead atoms. The van der Waals surface area contributed by atoms with Crippen molar-refractivity contribution in [2.45, 2.75) is 43.9 Å². The van der Waals surface area contributed by atoms with Gasteiger partial charge in [-0.1, -0.05) is 31.0 Å². The Hall–Kier alpha value is -3.35. The summed E-state index contributed by atoms with van der Waals surface area (Å²) in [7, 11) is 1.64. The second kappa shape index (κ2) is 9.42. The number of benzene rings is 2. The molecule has 1 heterocycles. The first-order valence-electron chi connectivity index (χ1n) is 11.1. The zero-order valence-corrected chi connectivity index (χ0v) is 18.4. The second-order valence-corrected chi connectivity index (χ2v) is 8.55. The van der Waals surface area contributed by atoms with E-state index in [1.165, 1.54) is 0 Å². The number of amides is 3. The molecule has 7 nitrogen and oxygen atoms in total. The van der Waals surface area contributed by atoms with Gasteiger partial charge in [0.1, 0.15) is 5.75 Å². The molecule has 3 amide bonds. The van der Waals surface area contributed by atoms with Crippen LogP contribution < -0.4 is 20.3 Å². The summed E-state index contributed by atoms with van der Waals surface area (Å²) in [6.07, 6.45) is 5.48. The Morgan fingerprint density at radius 1 is 1.03 bits per heavy atom. The third kappa shape index (κ3) is 4.61. The van der Waals surface area contributed by atoms with Gasteiger partial charge in [0, 0.05) is 36.3 Å². The molecule has 2 fully saturated rings. The van der Waals surface area contributed by atoms with Crippen molar-refractivity contribution >= 4 is 29.1 Å². The lowest BCUT2D eigenvalue weighted by Gasteiger charge is -2.30. The highest BCUT2D eigenvalue weighted by molar-refractivity contribution is 6.39. The number of hydrogen-bond donors (Lipinski definition) is 2. The van der Waals surface area contributed by atoms with Crippen LogP contribution in [0.15, 0.2) is 48.5 Å². The standard InChI is InChI=1S/C25H29N3O4/c1-32-21-11-9-18(10-12-21)25(13-2-3-14-25)17-26-23(30)24(31)27-19-6-4-7-20(16-19)28-15-5-8-22(28)29/h4,6-7,9-12,16H,2-3,5,8,13-15,17H2,1H3,(H,26,30)(H,27,31). The van der Waals surface area contributed by atoms with Crippen LogP contribution in [0.1, 0.15) is 44.1 Å². The van der Waals surface area contributed by atoms with Crippen LogP contribution in [0.4, 0.5) is 11.4 Å². The van der Waals surface area contributed by atoms with E-state index in [1.807, 2.05) is 30.3 Å². The van der Waals surface area contributed by atoms with Gasteiger partial charge in [0.2, 0.25) is 5.91 Å². The van der Waals surface area contributed by atoms with Gasteiger partial charge in [0.15, 0.2) is 0 Å². The van der Waals surface area contributed by atoms with Crippen LogP contribution in [-0.2, 0) is 19.8 Å². The van der Waals surface area contributed by atoms with E-state index in [-0.39, 0.29) is 11.3 Å². The van der Waals surface area contributed by atoms with E-state index in [9.17, 15) is 14.4 Å². The lowest BCUT2D eigenvalue weighted by Crippen LogP contribution is -2.43. The quantitative estimate of drug-likeness (QED) is 0.681. The predicted octanol–water partition coefficient (Wildman–Crippen LogP) is 3.39. The number of nitrogens with one attached hydrogen (secondary N) is 2. The molecule has 4 rings (SSSR count). The SMILES string of the molecule is COc1ccc(C2(CNC(=O)C(=O)Nc3cccc(N4CCCC4=O)c3)CCCC2)cc1. The highest BCUT2D eigenvalue weighted by atomic mass is 16.5. The number of nitrogens with zero attached hydrogens (tertiary/aromatic N) is 1. The number of carbonyl (C=O) groups excluding carboxylic acids is 3. The van der Waals surface area contributed by atoms with Crippen molar-refractivity contribution < 1.29 is 19.1 Å². The van der Waals surface area contributed by atoms with Gasteiger partial charge in [-0.15, -0.1) is 0 Å². The molecule has 2 aromatic rings. The molecule has 0 aromatic heterocycles. The molecule has 168 valence electrons. The molecule has 0 spiro atoms. The van der Waals surface area contributed by atoms with Crippen LogP contribution in [0.25, 0.3) is 0 Å². The Morgan fingerprint density at radius 2 is 1.78 bits per heavy atom. The third-order valence-electron chi connectivity index (χ3n) is 6.55. The third-order valence-corrected chi connectivity index (χ3v) is 6.55. The zero-order chi connectivity index (χ0) is 22.6. The van der Waals surface area contributed by atoms with Crippen molar-refractivity contribution in [2.75, 3.05) is 30.4 Å². The van der Waals surface area contributed by atoms with Gasteiger partial charge in [0.05, 0.1) is 7.11 Å². The van der Waals surface area contributed by atoms with Crippen LogP contribution >= 0.6 is 0 Å². The van der Waals surface area contributed by atoms with Crippen LogP contribution in [-0.4, -0.2) is 37.9 Å². The molecule has 2 aromatic carbocycles. The largest absolute Gasteiger partial charge is 0.497 e. The van der Waals surface area contributed by atoms with E-state index in [0.717, 1.165) is 49.1 Å². The first-order valence-corrected chi connectivity index (χ1v) is 11.1. The van der Waals surface area contributed by atoms with Gasteiger partial charge in [-0.2, -0.15) is 0 Å². The fourth-order valence-corrected chi connectivity index (χ4v) is 4.75. The van der Waals surface area contributed by atoms with Crippen LogP contribution in [0.3, 0.4) is 0 Å². The van der Waals surface area contributed by atoms with E-state index in [0.29, 0.717) is 25.2 Å². The molecule has 2 N–H and O–H groups in total. The predicted molar refractivity (Wildman–Crippen MR) is 123 cm³/mol. The molecule has 0 unspecified atom stereocenters. The molecule has 1 aliphatic heterocycles. The van der Waals surface area contributed by atoms with E-state index >= 15 is 0 Å². The number of anilines is 2. The maximum absolute atomic E-state index is 12.6. The van der Waals surface area contributed by atoms with E-state index in [1.54, 1.807) is 30.2 Å². The minimum absolute atomic E-state index is 0.0756. The van der Waals surface area contributed by atoms with Crippen molar-refractivity contribution in [1.29, 1.82) is 0 Å². The number of methoxy groups -OCH3 is 1. The van der Waals surface area contributed by atoms with E-state index in [4.69, 9.17) is 4.74 Å². The molecule has 32 heavy (non-hydrogen) atoms. The van der Waals surface area contributed by atoms with Gasteiger partial charge in [-0.05, 0) is 55.2 Å². The summed E-state index contributed by atoms with van der Waals surface area (Å²) in [5, 5.41) is 5.50. The lowest BCUT2D eigenvalue weighted by atomic mass is 9.78. The molecule has 7 heteroatoms. The maximum Gasteiger partial charge on any atom is 0.313 e. The number of rotatable bonds is 6. The van der Waals surface area contributed by atoms with Crippen LogP contribution in [0.5, 0.6) is 5.75 Å². The first kappa shape index (κ1) is 21.9. The fraction of sp³-hybridized carbons (Fsp3) is 0.400. The van der Waals surface area contributed by atoms with Gasteiger partial charge < -0.3 is 20.3 Å². The molecular formula is C25H29N3O4. The summed E-state index contributed by atoms with van der Waals surface area (Å²) in [6.45, 7) is 1.08. The zero-order valence-electron chi connectivity index (χ0n) is 18.4. The van der Waals surface area contributed by atoms with Crippen molar-refractivity contribution in [3.63, 3.8) is 0 Å². The molecule has 0 atom stereocenters. The normalized spacial score (nSPS) is 17.3. The van der Waals surface area contributed by atoms with Crippen LogP contribution in [0, 0.1) is 0 Å². The van der Waals surface area contributed by atoms with Crippen molar-refractivity contribution in [3.05, 3.63) is 54.1 Å². The molecule has 1 saturated heterocycles. The Bertz CT molecular complexity index is 997. The lowest BCUT2D eigenvalue weighted by molar-refractivity contribution is -0.136. The Labute approximate surface area is 188 Å². The average Bonchev–Trinajstić information content (AvgIpc) is 3.47.